The minimum atomic E-state index is 0.0935. The molecule has 1 aliphatic heterocycles. The average Bonchev–Trinajstić information content (AvgIpc) is 2.53. The van der Waals surface area contributed by atoms with Crippen molar-refractivity contribution in [2.75, 3.05) is 26.2 Å². The Hall–Kier alpha value is -1.55. The maximum Gasteiger partial charge on any atom is 0.253 e. The zero-order valence-electron chi connectivity index (χ0n) is 13.1. The standard InChI is InChI=1S/C17H26N2O2/c1-3-11-21-15-6-4-5-14(12-15)16(20)19-9-7-17(2,13-18)8-10-19/h4-6,12H,3,7-11,13,18H2,1-2H3. The third-order valence-electron chi connectivity index (χ3n) is 4.30. The lowest BCUT2D eigenvalue weighted by Crippen LogP contribution is -2.44. The molecule has 4 heteroatoms. The predicted octanol–water partition coefficient (Wildman–Crippen LogP) is 2.68. The first-order chi connectivity index (χ1) is 10.1. The fraction of sp³-hybridized carbons (Fsp3) is 0.588. The number of carbonyl (C=O) groups is 1. The number of ether oxygens (including phenoxy) is 1. The minimum Gasteiger partial charge on any atom is -0.494 e. The van der Waals surface area contributed by atoms with Crippen LogP contribution in [0.1, 0.15) is 43.5 Å². The average molecular weight is 290 g/mol. The second-order valence-electron chi connectivity index (χ2n) is 6.18. The summed E-state index contributed by atoms with van der Waals surface area (Å²) in [5, 5.41) is 0. The first kappa shape index (κ1) is 15.8. The minimum absolute atomic E-state index is 0.0935. The van der Waals surface area contributed by atoms with E-state index in [4.69, 9.17) is 10.5 Å². The Kier molecular flexibility index (Phi) is 5.23. The maximum atomic E-state index is 12.6. The molecule has 0 saturated carbocycles. The molecule has 1 aliphatic rings. The van der Waals surface area contributed by atoms with Crippen LogP contribution in [-0.2, 0) is 0 Å². The lowest BCUT2D eigenvalue weighted by atomic mass is 9.80. The van der Waals surface area contributed by atoms with E-state index in [1.807, 2.05) is 29.2 Å². The van der Waals surface area contributed by atoms with E-state index in [1.165, 1.54) is 0 Å². The number of carbonyl (C=O) groups excluding carboxylic acids is 1. The van der Waals surface area contributed by atoms with Gasteiger partial charge in [0.15, 0.2) is 0 Å². The van der Waals surface area contributed by atoms with Crippen molar-refractivity contribution in [3.05, 3.63) is 29.8 Å². The van der Waals surface area contributed by atoms with E-state index in [9.17, 15) is 4.79 Å². The van der Waals surface area contributed by atoms with Crippen LogP contribution < -0.4 is 10.5 Å². The summed E-state index contributed by atoms with van der Waals surface area (Å²) >= 11 is 0. The van der Waals surface area contributed by atoms with Gasteiger partial charge >= 0.3 is 0 Å². The Bertz CT molecular complexity index is 479. The number of likely N-dealkylation sites (tertiary alicyclic amines) is 1. The molecule has 0 atom stereocenters. The molecule has 1 heterocycles. The molecule has 1 fully saturated rings. The van der Waals surface area contributed by atoms with Crippen LogP contribution in [0.3, 0.4) is 0 Å². The van der Waals surface area contributed by atoms with Gasteiger partial charge in [0.25, 0.3) is 5.91 Å². The van der Waals surface area contributed by atoms with Gasteiger partial charge < -0.3 is 15.4 Å². The number of rotatable bonds is 5. The highest BCUT2D eigenvalue weighted by atomic mass is 16.5. The third-order valence-corrected chi connectivity index (χ3v) is 4.30. The van der Waals surface area contributed by atoms with Crippen molar-refractivity contribution in [2.45, 2.75) is 33.1 Å². The van der Waals surface area contributed by atoms with Gasteiger partial charge in [-0.1, -0.05) is 19.9 Å². The molecule has 116 valence electrons. The zero-order valence-corrected chi connectivity index (χ0v) is 13.1. The molecule has 0 aliphatic carbocycles. The van der Waals surface area contributed by atoms with Crippen molar-refractivity contribution in [3.8, 4) is 5.75 Å². The number of amides is 1. The fourth-order valence-electron chi connectivity index (χ4n) is 2.58. The Balaban J connectivity index is 2.00. The normalized spacial score (nSPS) is 17.6. The second-order valence-corrected chi connectivity index (χ2v) is 6.18. The van der Waals surface area contributed by atoms with Gasteiger partial charge in [0.2, 0.25) is 0 Å². The van der Waals surface area contributed by atoms with Crippen molar-refractivity contribution in [1.29, 1.82) is 0 Å². The Morgan fingerprint density at radius 1 is 1.38 bits per heavy atom. The molecule has 0 radical (unpaired) electrons. The molecular weight excluding hydrogens is 264 g/mol. The van der Waals surface area contributed by atoms with Crippen LogP contribution in [0.15, 0.2) is 24.3 Å². The fourth-order valence-corrected chi connectivity index (χ4v) is 2.58. The molecule has 2 N–H and O–H groups in total. The molecule has 0 spiro atoms. The molecular formula is C17H26N2O2. The van der Waals surface area contributed by atoms with E-state index in [0.29, 0.717) is 18.7 Å². The van der Waals surface area contributed by atoms with E-state index in [1.54, 1.807) is 0 Å². The van der Waals surface area contributed by atoms with Crippen molar-refractivity contribution in [2.24, 2.45) is 11.1 Å². The number of nitrogens with two attached hydrogens (primary N) is 1. The monoisotopic (exact) mass is 290 g/mol. The molecule has 4 nitrogen and oxygen atoms in total. The van der Waals surface area contributed by atoms with E-state index in [0.717, 1.165) is 38.1 Å². The van der Waals surface area contributed by atoms with E-state index in [2.05, 4.69) is 13.8 Å². The Labute approximate surface area is 127 Å². The molecule has 2 rings (SSSR count). The number of nitrogens with zero attached hydrogens (tertiary/aromatic N) is 1. The van der Waals surface area contributed by atoms with E-state index < -0.39 is 0 Å². The summed E-state index contributed by atoms with van der Waals surface area (Å²) in [5.74, 6) is 0.863. The molecule has 1 saturated heterocycles. The van der Waals surface area contributed by atoms with Crippen molar-refractivity contribution in [3.63, 3.8) is 0 Å². The Morgan fingerprint density at radius 2 is 2.10 bits per heavy atom. The molecule has 0 aromatic heterocycles. The predicted molar refractivity (Wildman–Crippen MR) is 84.5 cm³/mol. The highest BCUT2D eigenvalue weighted by molar-refractivity contribution is 5.94. The van der Waals surface area contributed by atoms with Crippen LogP contribution in [0.4, 0.5) is 0 Å². The summed E-state index contributed by atoms with van der Waals surface area (Å²) in [5.41, 5.74) is 6.71. The third kappa shape index (κ3) is 3.97. The second kappa shape index (κ2) is 6.94. The van der Waals surface area contributed by atoms with Gasteiger partial charge in [0.05, 0.1) is 6.61 Å². The van der Waals surface area contributed by atoms with Crippen LogP contribution in [0.5, 0.6) is 5.75 Å². The van der Waals surface area contributed by atoms with E-state index >= 15 is 0 Å². The first-order valence-electron chi connectivity index (χ1n) is 7.80. The summed E-state index contributed by atoms with van der Waals surface area (Å²) in [6.45, 7) is 7.20. The van der Waals surface area contributed by atoms with Crippen LogP contribution >= 0.6 is 0 Å². The lowest BCUT2D eigenvalue weighted by molar-refractivity contribution is 0.0617. The summed E-state index contributed by atoms with van der Waals surface area (Å²) < 4.78 is 5.60. The van der Waals surface area contributed by atoms with Crippen LogP contribution in [0.2, 0.25) is 0 Å². The van der Waals surface area contributed by atoms with Crippen LogP contribution in [-0.4, -0.2) is 37.0 Å². The molecule has 1 amide bonds. The summed E-state index contributed by atoms with van der Waals surface area (Å²) in [4.78, 5) is 14.5. The largest absolute Gasteiger partial charge is 0.494 e. The lowest BCUT2D eigenvalue weighted by Gasteiger charge is -2.38. The van der Waals surface area contributed by atoms with Gasteiger partial charge in [0.1, 0.15) is 5.75 Å². The van der Waals surface area contributed by atoms with Gasteiger partial charge in [-0.05, 0) is 49.4 Å². The van der Waals surface area contributed by atoms with Gasteiger partial charge in [0, 0.05) is 18.7 Å². The number of hydrogen-bond acceptors (Lipinski definition) is 3. The summed E-state index contributed by atoms with van der Waals surface area (Å²) in [6.07, 6.45) is 2.91. The van der Waals surface area contributed by atoms with Crippen molar-refractivity contribution >= 4 is 5.91 Å². The molecule has 0 unspecified atom stereocenters. The quantitative estimate of drug-likeness (QED) is 0.907. The van der Waals surface area contributed by atoms with Gasteiger partial charge in [-0.2, -0.15) is 0 Å². The SMILES string of the molecule is CCCOc1cccc(C(=O)N2CCC(C)(CN)CC2)c1. The highest BCUT2D eigenvalue weighted by Crippen LogP contribution is 2.30. The first-order valence-corrected chi connectivity index (χ1v) is 7.80. The summed E-state index contributed by atoms with van der Waals surface area (Å²) in [7, 11) is 0. The zero-order chi connectivity index (χ0) is 15.3. The van der Waals surface area contributed by atoms with Gasteiger partial charge in [-0.3, -0.25) is 4.79 Å². The van der Waals surface area contributed by atoms with Crippen LogP contribution in [0.25, 0.3) is 0 Å². The number of piperidine rings is 1. The van der Waals surface area contributed by atoms with Crippen molar-refractivity contribution in [1.82, 2.24) is 4.90 Å². The number of benzene rings is 1. The van der Waals surface area contributed by atoms with Crippen molar-refractivity contribution < 1.29 is 9.53 Å². The molecule has 21 heavy (non-hydrogen) atoms. The topological polar surface area (TPSA) is 55.6 Å². The molecule has 0 bridgehead atoms. The maximum absolute atomic E-state index is 12.6. The van der Waals surface area contributed by atoms with E-state index in [-0.39, 0.29) is 11.3 Å². The smallest absolute Gasteiger partial charge is 0.253 e. The highest BCUT2D eigenvalue weighted by Gasteiger charge is 2.30. The Morgan fingerprint density at radius 3 is 2.71 bits per heavy atom. The summed E-state index contributed by atoms with van der Waals surface area (Å²) in [6, 6.07) is 7.48. The van der Waals surface area contributed by atoms with Crippen LogP contribution in [0, 0.1) is 5.41 Å². The molecule has 1 aromatic rings. The molecule has 1 aromatic carbocycles. The van der Waals surface area contributed by atoms with Gasteiger partial charge in [-0.15, -0.1) is 0 Å². The van der Waals surface area contributed by atoms with Gasteiger partial charge in [-0.25, -0.2) is 0 Å². The number of hydrogen-bond donors (Lipinski definition) is 1.